The third kappa shape index (κ3) is 4.51. The maximum Gasteiger partial charge on any atom is 0.307 e. The molecule has 3 N–H and O–H groups in total. The number of aliphatic carboxylic acids is 1. The zero-order chi connectivity index (χ0) is 15.1. The van der Waals surface area contributed by atoms with Crippen LogP contribution in [0.5, 0.6) is 5.75 Å². The van der Waals surface area contributed by atoms with Gasteiger partial charge in [0.15, 0.2) is 5.11 Å². The summed E-state index contributed by atoms with van der Waals surface area (Å²) in [6.45, 7) is 1.80. The molecule has 0 bridgehead atoms. The molecule has 20 heavy (non-hydrogen) atoms. The summed E-state index contributed by atoms with van der Waals surface area (Å²) in [7, 11) is 3.20. The molecule has 108 valence electrons. The molecular formula is C13H17N3O3S. The first-order valence-electron chi connectivity index (χ1n) is 5.89. The van der Waals surface area contributed by atoms with Crippen molar-refractivity contribution >= 4 is 29.0 Å². The number of thiocarbonyl (C=S) groups is 1. The van der Waals surface area contributed by atoms with Crippen molar-refractivity contribution in [3.05, 3.63) is 29.3 Å². The van der Waals surface area contributed by atoms with Crippen molar-refractivity contribution < 1.29 is 14.6 Å². The summed E-state index contributed by atoms with van der Waals surface area (Å²) in [6, 6.07) is 5.28. The lowest BCUT2D eigenvalue weighted by Crippen LogP contribution is -2.29. The average molecular weight is 295 g/mol. The smallest absolute Gasteiger partial charge is 0.307 e. The third-order valence-corrected chi connectivity index (χ3v) is 2.89. The van der Waals surface area contributed by atoms with Gasteiger partial charge in [-0.25, -0.2) is 0 Å². The van der Waals surface area contributed by atoms with Crippen molar-refractivity contribution in [3.63, 3.8) is 0 Å². The predicted octanol–water partition coefficient (Wildman–Crippen LogP) is 1.14. The predicted molar refractivity (Wildman–Crippen MR) is 81.3 cm³/mol. The number of nitrogens with one attached hydrogen (secondary N) is 2. The molecule has 0 amide bonds. The molecule has 1 aromatic carbocycles. The summed E-state index contributed by atoms with van der Waals surface area (Å²) in [5.41, 5.74) is 4.77. The SMILES string of the molecule is CNC(=S)N/N=C(/C)c1ccc(OC)c(CC(=O)O)c1. The van der Waals surface area contributed by atoms with E-state index in [-0.39, 0.29) is 6.42 Å². The third-order valence-electron chi connectivity index (χ3n) is 2.59. The van der Waals surface area contributed by atoms with Crippen LogP contribution in [0.25, 0.3) is 0 Å². The maximum absolute atomic E-state index is 10.8. The topological polar surface area (TPSA) is 83.0 Å². The summed E-state index contributed by atoms with van der Waals surface area (Å²) in [6.07, 6.45) is -0.105. The van der Waals surface area contributed by atoms with Crippen LogP contribution in [0.3, 0.4) is 0 Å². The Morgan fingerprint density at radius 1 is 1.50 bits per heavy atom. The Hall–Kier alpha value is -2.15. The Bertz CT molecular complexity index is 544. The van der Waals surface area contributed by atoms with Crippen molar-refractivity contribution in [2.24, 2.45) is 5.10 Å². The normalized spacial score (nSPS) is 10.8. The quantitative estimate of drug-likeness (QED) is 0.429. The van der Waals surface area contributed by atoms with Crippen LogP contribution in [-0.4, -0.2) is 36.1 Å². The fourth-order valence-corrected chi connectivity index (χ4v) is 1.61. The second kappa shape index (κ2) is 7.44. The average Bonchev–Trinajstić information content (AvgIpc) is 2.43. The van der Waals surface area contributed by atoms with Crippen LogP contribution in [-0.2, 0) is 11.2 Å². The second-order valence-electron chi connectivity index (χ2n) is 3.99. The molecule has 0 unspecified atom stereocenters. The van der Waals surface area contributed by atoms with Gasteiger partial charge in [-0.1, -0.05) is 0 Å². The van der Waals surface area contributed by atoms with Gasteiger partial charge in [-0.3, -0.25) is 10.2 Å². The minimum absolute atomic E-state index is 0.105. The first-order chi connectivity index (χ1) is 9.47. The van der Waals surface area contributed by atoms with Gasteiger partial charge in [-0.05, 0) is 42.9 Å². The number of carbonyl (C=O) groups is 1. The lowest BCUT2D eigenvalue weighted by atomic mass is 10.0. The van der Waals surface area contributed by atoms with E-state index in [9.17, 15) is 4.79 Å². The molecule has 0 aromatic heterocycles. The van der Waals surface area contributed by atoms with Gasteiger partial charge in [-0.2, -0.15) is 5.10 Å². The molecule has 7 heteroatoms. The highest BCUT2D eigenvalue weighted by Gasteiger charge is 2.10. The van der Waals surface area contributed by atoms with Gasteiger partial charge in [0, 0.05) is 12.6 Å². The minimum Gasteiger partial charge on any atom is -0.496 e. The van der Waals surface area contributed by atoms with E-state index in [0.29, 0.717) is 22.1 Å². The fraction of sp³-hybridized carbons (Fsp3) is 0.308. The number of carboxylic acids is 1. The van der Waals surface area contributed by atoms with Gasteiger partial charge < -0.3 is 15.2 Å². The van der Waals surface area contributed by atoms with Crippen LogP contribution < -0.4 is 15.5 Å². The molecule has 0 atom stereocenters. The van der Waals surface area contributed by atoms with Crippen LogP contribution in [0.1, 0.15) is 18.1 Å². The number of benzene rings is 1. The second-order valence-corrected chi connectivity index (χ2v) is 4.39. The molecule has 0 saturated heterocycles. The number of methoxy groups -OCH3 is 1. The lowest BCUT2D eigenvalue weighted by Gasteiger charge is -2.09. The molecule has 0 fully saturated rings. The van der Waals surface area contributed by atoms with E-state index < -0.39 is 5.97 Å². The van der Waals surface area contributed by atoms with E-state index in [2.05, 4.69) is 15.8 Å². The highest BCUT2D eigenvalue weighted by Crippen LogP contribution is 2.21. The van der Waals surface area contributed by atoms with Crippen LogP contribution >= 0.6 is 12.2 Å². The largest absolute Gasteiger partial charge is 0.496 e. The fourth-order valence-electron chi connectivity index (χ4n) is 1.56. The molecule has 0 aliphatic rings. The molecule has 1 rings (SSSR count). The number of nitrogens with zero attached hydrogens (tertiary/aromatic N) is 1. The van der Waals surface area contributed by atoms with Crippen LogP contribution in [0.4, 0.5) is 0 Å². The first-order valence-corrected chi connectivity index (χ1v) is 6.29. The summed E-state index contributed by atoms with van der Waals surface area (Å²) >= 11 is 4.92. The standard InChI is InChI=1S/C13H17N3O3S/c1-8(15-16-13(20)14-2)9-4-5-11(19-3)10(6-9)7-12(17)18/h4-6H,7H2,1-3H3,(H,17,18)(H2,14,16,20)/b15-8-. The molecule has 0 aliphatic heterocycles. The maximum atomic E-state index is 10.8. The van der Waals surface area contributed by atoms with Crippen LogP contribution in [0.2, 0.25) is 0 Å². The number of hydrogen-bond donors (Lipinski definition) is 3. The molecule has 0 aliphatic carbocycles. The molecule has 6 nitrogen and oxygen atoms in total. The van der Waals surface area contributed by atoms with Gasteiger partial charge in [0.1, 0.15) is 5.75 Å². The molecule has 0 saturated carbocycles. The number of carboxylic acid groups (broad SMARTS) is 1. The van der Waals surface area contributed by atoms with Crippen molar-refractivity contribution in [2.75, 3.05) is 14.2 Å². The summed E-state index contributed by atoms with van der Waals surface area (Å²) < 4.78 is 5.15. The highest BCUT2D eigenvalue weighted by molar-refractivity contribution is 7.80. The number of rotatable bonds is 5. The molecule has 0 radical (unpaired) electrons. The Morgan fingerprint density at radius 3 is 2.75 bits per heavy atom. The lowest BCUT2D eigenvalue weighted by molar-refractivity contribution is -0.136. The first kappa shape index (κ1) is 15.9. The van der Waals surface area contributed by atoms with Gasteiger partial charge >= 0.3 is 5.97 Å². The number of hydrazone groups is 1. The minimum atomic E-state index is -0.912. The molecule has 0 spiro atoms. The summed E-state index contributed by atoms with van der Waals surface area (Å²) in [4.78, 5) is 10.8. The van der Waals surface area contributed by atoms with Crippen LogP contribution in [0, 0.1) is 0 Å². The molecule has 0 heterocycles. The zero-order valence-electron chi connectivity index (χ0n) is 11.6. The molecular weight excluding hydrogens is 278 g/mol. The Labute approximate surface area is 122 Å². The van der Waals surface area contributed by atoms with E-state index in [4.69, 9.17) is 22.1 Å². The monoisotopic (exact) mass is 295 g/mol. The van der Waals surface area contributed by atoms with Gasteiger partial charge in [-0.15, -0.1) is 0 Å². The van der Waals surface area contributed by atoms with Crippen molar-refractivity contribution in [1.82, 2.24) is 10.7 Å². The van der Waals surface area contributed by atoms with E-state index in [0.717, 1.165) is 5.56 Å². The van der Waals surface area contributed by atoms with E-state index in [1.54, 1.807) is 26.1 Å². The summed E-state index contributed by atoms with van der Waals surface area (Å²) in [5.74, 6) is -0.368. The Kier molecular flexibility index (Phi) is 5.92. The van der Waals surface area contributed by atoms with Crippen molar-refractivity contribution in [3.8, 4) is 5.75 Å². The highest BCUT2D eigenvalue weighted by atomic mass is 32.1. The van der Waals surface area contributed by atoms with E-state index in [1.165, 1.54) is 7.11 Å². The van der Waals surface area contributed by atoms with Gasteiger partial charge in [0.05, 0.1) is 19.2 Å². The number of ether oxygens (including phenoxy) is 1. The Morgan fingerprint density at radius 2 is 2.20 bits per heavy atom. The Balaban J connectivity index is 3.01. The van der Waals surface area contributed by atoms with Crippen LogP contribution in [0.15, 0.2) is 23.3 Å². The summed E-state index contributed by atoms with van der Waals surface area (Å²) in [5, 5.41) is 16.2. The van der Waals surface area contributed by atoms with Crippen molar-refractivity contribution in [1.29, 1.82) is 0 Å². The van der Waals surface area contributed by atoms with E-state index >= 15 is 0 Å². The van der Waals surface area contributed by atoms with Gasteiger partial charge in [0.2, 0.25) is 0 Å². The zero-order valence-corrected chi connectivity index (χ0v) is 12.4. The van der Waals surface area contributed by atoms with Gasteiger partial charge in [0.25, 0.3) is 0 Å². The van der Waals surface area contributed by atoms with E-state index in [1.807, 2.05) is 6.07 Å². The molecule has 1 aromatic rings. The van der Waals surface area contributed by atoms with Crippen molar-refractivity contribution in [2.45, 2.75) is 13.3 Å². The number of hydrogen-bond acceptors (Lipinski definition) is 4.